The number of benzene rings is 4. The molecule has 10 nitrogen and oxygen atoms in total. The van der Waals surface area contributed by atoms with Gasteiger partial charge in [0, 0.05) is 0 Å². The molecule has 2 aliphatic rings. The van der Waals surface area contributed by atoms with Gasteiger partial charge in [0.1, 0.15) is 29.7 Å². The second-order valence-electron chi connectivity index (χ2n) is 10.8. The van der Waals surface area contributed by atoms with Crippen molar-refractivity contribution in [3.8, 4) is 11.5 Å². The predicted molar refractivity (Wildman–Crippen MR) is 165 cm³/mol. The lowest BCUT2D eigenvalue weighted by molar-refractivity contribution is -0.270. The molecule has 4 aromatic carbocycles. The number of imide groups is 1. The van der Waals surface area contributed by atoms with Crippen LogP contribution in [0.2, 0.25) is 0 Å². The lowest BCUT2D eigenvalue weighted by Gasteiger charge is -2.47. The first-order chi connectivity index (χ1) is 22.6. The van der Waals surface area contributed by atoms with Crippen LogP contribution in [-0.2, 0) is 37.0 Å². The fourth-order valence-electron chi connectivity index (χ4n) is 5.71. The van der Waals surface area contributed by atoms with E-state index >= 15 is 0 Å². The Morgan fingerprint density at radius 3 is 1.87 bits per heavy atom. The maximum atomic E-state index is 13.9. The second-order valence-corrected chi connectivity index (χ2v) is 10.8. The number of carbonyl (C=O) groups excluding carboxylic acids is 3. The molecule has 1 fully saturated rings. The fourth-order valence-corrected chi connectivity index (χ4v) is 5.71. The molecule has 0 unspecified atom stereocenters. The van der Waals surface area contributed by atoms with Gasteiger partial charge in [-0.1, -0.05) is 72.8 Å². The van der Waals surface area contributed by atoms with Crippen LogP contribution in [0, 0.1) is 0 Å². The van der Waals surface area contributed by atoms with Gasteiger partial charge in [0.05, 0.1) is 38.1 Å². The molecule has 236 valence electrons. The van der Waals surface area contributed by atoms with Crippen LogP contribution in [0.1, 0.15) is 31.8 Å². The highest BCUT2D eigenvalue weighted by atomic mass is 16.7. The van der Waals surface area contributed by atoms with Crippen molar-refractivity contribution in [3.63, 3.8) is 0 Å². The van der Waals surface area contributed by atoms with Crippen molar-refractivity contribution >= 4 is 18.3 Å². The van der Waals surface area contributed by atoms with Gasteiger partial charge in [-0.25, -0.2) is 0 Å². The molecule has 1 saturated heterocycles. The van der Waals surface area contributed by atoms with Crippen LogP contribution in [0.25, 0.3) is 0 Å². The Morgan fingerprint density at radius 1 is 0.717 bits per heavy atom. The topological polar surface area (TPSA) is 110 Å². The van der Waals surface area contributed by atoms with Crippen molar-refractivity contribution in [1.82, 2.24) is 4.90 Å². The van der Waals surface area contributed by atoms with E-state index in [4.69, 9.17) is 28.4 Å². The van der Waals surface area contributed by atoms with Gasteiger partial charge >= 0.3 is 0 Å². The molecule has 2 amide bonds. The minimum absolute atomic E-state index is 0.00406. The summed E-state index contributed by atoms with van der Waals surface area (Å²) < 4.78 is 36.3. The summed E-state index contributed by atoms with van der Waals surface area (Å²) in [6.07, 6.45) is -4.24. The molecule has 6 rings (SSSR count). The normalized spacial score (nSPS) is 22.3. The van der Waals surface area contributed by atoms with Gasteiger partial charge in [0.25, 0.3) is 18.3 Å². The molecule has 5 atom stereocenters. The van der Waals surface area contributed by atoms with Crippen LogP contribution >= 0.6 is 0 Å². The maximum Gasteiger partial charge on any atom is 0.293 e. The van der Waals surface area contributed by atoms with E-state index in [1.807, 2.05) is 60.7 Å². The first-order valence-electron chi connectivity index (χ1n) is 14.9. The minimum Gasteiger partial charge on any atom is -0.497 e. The SMILES string of the molecule is COc1ccc(O[C@@H]2O[C@H](COCc3ccccc3)[C@@H](OC=O)[C@H](OCc3ccccc3)[C@H]2N2C(=O)c3ccccc3C2=O)cc1. The van der Waals surface area contributed by atoms with Crippen molar-refractivity contribution in [2.45, 2.75) is 43.9 Å². The van der Waals surface area contributed by atoms with Crippen molar-refractivity contribution in [2.75, 3.05) is 13.7 Å². The molecule has 46 heavy (non-hydrogen) atoms. The number of rotatable bonds is 13. The molecule has 0 radical (unpaired) electrons. The van der Waals surface area contributed by atoms with Gasteiger partial charge in [-0.3, -0.25) is 19.3 Å². The Hall–Kier alpha value is -5.03. The summed E-state index contributed by atoms with van der Waals surface area (Å²) in [5.74, 6) is -0.0543. The molecule has 0 spiro atoms. The smallest absolute Gasteiger partial charge is 0.293 e. The zero-order valence-corrected chi connectivity index (χ0v) is 25.1. The molecule has 0 N–H and O–H groups in total. The zero-order chi connectivity index (χ0) is 31.9. The number of amides is 2. The number of methoxy groups -OCH3 is 1. The summed E-state index contributed by atoms with van der Waals surface area (Å²) in [6, 6.07) is 31.2. The van der Waals surface area contributed by atoms with Crippen molar-refractivity contribution in [1.29, 1.82) is 0 Å². The van der Waals surface area contributed by atoms with Gasteiger partial charge in [-0.05, 0) is 47.5 Å². The highest BCUT2D eigenvalue weighted by Crippen LogP contribution is 2.36. The van der Waals surface area contributed by atoms with Crippen LogP contribution in [0.5, 0.6) is 11.5 Å². The highest BCUT2D eigenvalue weighted by molar-refractivity contribution is 6.21. The summed E-state index contributed by atoms with van der Waals surface area (Å²) in [7, 11) is 1.56. The fraction of sp³-hybridized carbons (Fsp3) is 0.250. The van der Waals surface area contributed by atoms with Crippen LogP contribution in [0.15, 0.2) is 109 Å². The van der Waals surface area contributed by atoms with Gasteiger partial charge in [-0.15, -0.1) is 0 Å². The minimum atomic E-state index is -1.23. The van der Waals surface area contributed by atoms with Crippen molar-refractivity contribution in [2.24, 2.45) is 0 Å². The monoisotopic (exact) mass is 623 g/mol. The molecular formula is C36H33NO9. The number of fused-ring (bicyclic) bond motifs is 1. The lowest BCUT2D eigenvalue weighted by Crippen LogP contribution is -2.67. The standard InChI is InChI=1S/C36H33NO9/c1-41-26-16-18-27(19-17-26)45-36-31(37-34(39)28-14-8-9-15-29(28)35(37)40)33(43-21-25-12-6-3-7-13-25)32(44-23-38)30(46-36)22-42-20-24-10-4-2-5-11-24/h2-19,23,30-33,36H,20-22H2,1H3/t30-,31-,32-,33-,36-/m1/s1. The number of carbonyl (C=O) groups is 3. The summed E-state index contributed by atoms with van der Waals surface area (Å²) in [5.41, 5.74) is 2.28. The number of hydrogen-bond acceptors (Lipinski definition) is 9. The number of hydrogen-bond donors (Lipinski definition) is 0. The van der Waals surface area contributed by atoms with Crippen LogP contribution < -0.4 is 9.47 Å². The largest absolute Gasteiger partial charge is 0.497 e. The average molecular weight is 624 g/mol. The van der Waals surface area contributed by atoms with E-state index in [0.29, 0.717) is 18.0 Å². The van der Waals surface area contributed by atoms with Crippen molar-refractivity contribution < 1.29 is 42.8 Å². The summed E-state index contributed by atoms with van der Waals surface area (Å²) >= 11 is 0. The van der Waals surface area contributed by atoms with Crippen LogP contribution in [0.3, 0.4) is 0 Å². The average Bonchev–Trinajstić information content (AvgIpc) is 3.35. The number of ether oxygens (including phenoxy) is 6. The third-order valence-corrected chi connectivity index (χ3v) is 7.94. The molecular weight excluding hydrogens is 590 g/mol. The van der Waals surface area contributed by atoms with Gasteiger partial charge in [0.15, 0.2) is 6.10 Å². The molecule has 2 heterocycles. The summed E-state index contributed by atoms with van der Waals surface area (Å²) in [5, 5.41) is 0. The third kappa shape index (κ3) is 6.64. The molecule has 0 saturated carbocycles. The van der Waals surface area contributed by atoms with Gasteiger partial charge < -0.3 is 28.4 Å². The molecule has 2 aliphatic heterocycles. The van der Waals surface area contributed by atoms with E-state index in [-0.39, 0.29) is 30.9 Å². The number of nitrogens with zero attached hydrogens (tertiary/aromatic N) is 1. The quantitative estimate of drug-likeness (QED) is 0.153. The Kier molecular flexibility index (Phi) is 9.68. The Bertz CT molecular complexity index is 1600. The van der Waals surface area contributed by atoms with E-state index in [9.17, 15) is 14.4 Å². The Morgan fingerprint density at radius 2 is 1.28 bits per heavy atom. The van der Waals surface area contributed by atoms with Crippen LogP contribution in [0.4, 0.5) is 0 Å². The van der Waals surface area contributed by atoms with E-state index in [0.717, 1.165) is 16.0 Å². The van der Waals surface area contributed by atoms with E-state index in [2.05, 4.69) is 0 Å². The van der Waals surface area contributed by atoms with Gasteiger partial charge in [0.2, 0.25) is 6.29 Å². The third-order valence-electron chi connectivity index (χ3n) is 7.94. The molecule has 0 aliphatic carbocycles. The lowest BCUT2D eigenvalue weighted by atomic mass is 9.94. The van der Waals surface area contributed by atoms with Gasteiger partial charge in [-0.2, -0.15) is 0 Å². The van der Waals surface area contributed by atoms with Crippen LogP contribution in [-0.4, -0.2) is 67.5 Å². The summed E-state index contributed by atoms with van der Waals surface area (Å²) in [6.45, 7) is 0.670. The molecule has 10 heteroatoms. The Labute approximate surface area is 266 Å². The predicted octanol–water partition coefficient (Wildman–Crippen LogP) is 4.81. The molecule has 4 aromatic rings. The first-order valence-corrected chi connectivity index (χ1v) is 14.9. The molecule has 0 bridgehead atoms. The highest BCUT2D eigenvalue weighted by Gasteiger charge is 2.56. The zero-order valence-electron chi connectivity index (χ0n) is 25.1. The Balaban J connectivity index is 1.38. The van der Waals surface area contributed by atoms with Crippen molar-refractivity contribution in [3.05, 3.63) is 131 Å². The van der Waals surface area contributed by atoms with E-state index in [1.165, 1.54) is 0 Å². The van der Waals surface area contributed by atoms with E-state index in [1.54, 1.807) is 55.6 Å². The van der Waals surface area contributed by atoms with E-state index < -0.39 is 42.5 Å². The molecule has 0 aromatic heterocycles. The summed E-state index contributed by atoms with van der Waals surface area (Å²) in [4.78, 5) is 40.8. The first kappa shape index (κ1) is 31.0. The second kappa shape index (κ2) is 14.4. The maximum absolute atomic E-state index is 13.9.